The monoisotopic (exact) mass is 258 g/mol. The predicted molar refractivity (Wildman–Crippen MR) is 69.4 cm³/mol. The number of nitrogens with two attached hydrogens (primary N) is 1. The number of nitrogens with zero attached hydrogens (tertiary/aromatic N) is 2. The maximum atomic E-state index is 5.67. The highest BCUT2D eigenvalue weighted by atomic mass is 32.2. The molecule has 96 valence electrons. The number of nitrogen functional groups attached to an aromatic ring is 1. The quantitative estimate of drug-likeness (QED) is 0.554. The van der Waals surface area contributed by atoms with Gasteiger partial charge >= 0.3 is 0 Å². The normalized spacial score (nSPS) is 12.4. The molecule has 1 aromatic rings. The summed E-state index contributed by atoms with van der Waals surface area (Å²) in [4.78, 5) is 8.35. The van der Waals surface area contributed by atoms with E-state index in [2.05, 4.69) is 15.3 Å². The van der Waals surface area contributed by atoms with Gasteiger partial charge in [-0.2, -0.15) is 0 Å². The van der Waals surface area contributed by atoms with Crippen molar-refractivity contribution in [3.63, 3.8) is 0 Å². The summed E-state index contributed by atoms with van der Waals surface area (Å²) < 4.78 is 10.3. The topological polar surface area (TPSA) is 82.3 Å². The Labute approximate surface area is 105 Å². The van der Waals surface area contributed by atoms with E-state index in [0.29, 0.717) is 29.9 Å². The molecule has 0 bridgehead atoms. The number of rotatable bonds is 7. The molecule has 1 unspecified atom stereocenters. The van der Waals surface area contributed by atoms with Gasteiger partial charge in [0.15, 0.2) is 5.16 Å². The van der Waals surface area contributed by atoms with Crippen LogP contribution in [0.15, 0.2) is 11.2 Å². The van der Waals surface area contributed by atoms with Crippen molar-refractivity contribution in [1.29, 1.82) is 0 Å². The van der Waals surface area contributed by atoms with Crippen LogP contribution in [-0.2, 0) is 9.47 Å². The fourth-order valence-electron chi connectivity index (χ4n) is 1.24. The van der Waals surface area contributed by atoms with E-state index in [1.807, 2.05) is 6.26 Å². The van der Waals surface area contributed by atoms with Gasteiger partial charge in [-0.05, 0) is 6.26 Å². The number of methoxy groups -OCH3 is 2. The second kappa shape index (κ2) is 7.31. The lowest BCUT2D eigenvalue weighted by Gasteiger charge is -2.15. The van der Waals surface area contributed by atoms with Crippen molar-refractivity contribution in [3.05, 3.63) is 6.07 Å². The predicted octanol–water partition coefficient (Wildman–Crippen LogP) is 0.854. The first-order valence-electron chi connectivity index (χ1n) is 5.13. The zero-order valence-corrected chi connectivity index (χ0v) is 11.1. The van der Waals surface area contributed by atoms with Gasteiger partial charge < -0.3 is 20.5 Å². The minimum atomic E-state index is -0.0195. The summed E-state index contributed by atoms with van der Waals surface area (Å²) in [5.41, 5.74) is 5.67. The number of thioether (sulfide) groups is 1. The smallest absolute Gasteiger partial charge is 0.191 e. The van der Waals surface area contributed by atoms with Crippen LogP contribution in [-0.4, -0.2) is 49.7 Å². The summed E-state index contributed by atoms with van der Waals surface area (Å²) in [6, 6.07) is 1.69. The summed E-state index contributed by atoms with van der Waals surface area (Å²) in [6.07, 6.45) is 1.88. The van der Waals surface area contributed by atoms with Gasteiger partial charge in [0.05, 0.1) is 12.7 Å². The molecule has 6 nitrogen and oxygen atoms in total. The van der Waals surface area contributed by atoms with Crippen molar-refractivity contribution in [2.75, 3.05) is 44.7 Å². The van der Waals surface area contributed by atoms with Crippen molar-refractivity contribution in [3.8, 4) is 0 Å². The first-order chi connectivity index (χ1) is 8.19. The van der Waals surface area contributed by atoms with Crippen molar-refractivity contribution in [2.24, 2.45) is 0 Å². The minimum Gasteiger partial charge on any atom is -0.383 e. The Hall–Kier alpha value is -1.05. The maximum absolute atomic E-state index is 5.67. The van der Waals surface area contributed by atoms with E-state index in [-0.39, 0.29) is 6.10 Å². The van der Waals surface area contributed by atoms with Crippen LogP contribution >= 0.6 is 11.8 Å². The zero-order valence-electron chi connectivity index (χ0n) is 10.3. The largest absolute Gasteiger partial charge is 0.383 e. The van der Waals surface area contributed by atoms with Crippen LogP contribution in [0.2, 0.25) is 0 Å². The van der Waals surface area contributed by atoms with E-state index in [0.717, 1.165) is 0 Å². The fraction of sp³-hybridized carbons (Fsp3) is 0.600. The summed E-state index contributed by atoms with van der Waals surface area (Å²) in [5, 5.41) is 3.79. The van der Waals surface area contributed by atoms with E-state index < -0.39 is 0 Å². The standard InChI is InChI=1S/C10H18N4O2S/c1-15-6-7(16-2)5-12-9-4-8(11)13-10(14-9)17-3/h4,7H,5-6H2,1-3H3,(H3,11,12,13,14). The Bertz CT molecular complexity index is 351. The molecule has 0 saturated carbocycles. The average Bonchev–Trinajstić information content (AvgIpc) is 2.33. The Morgan fingerprint density at radius 3 is 2.82 bits per heavy atom. The van der Waals surface area contributed by atoms with E-state index in [4.69, 9.17) is 15.2 Å². The van der Waals surface area contributed by atoms with Crippen molar-refractivity contribution >= 4 is 23.4 Å². The second-order valence-corrected chi connectivity index (χ2v) is 4.13. The van der Waals surface area contributed by atoms with E-state index in [1.165, 1.54) is 11.8 Å². The molecule has 1 heterocycles. The van der Waals surface area contributed by atoms with Crippen LogP contribution in [0.5, 0.6) is 0 Å². The minimum absolute atomic E-state index is 0.0195. The number of aromatic nitrogens is 2. The van der Waals surface area contributed by atoms with Gasteiger partial charge in [0.25, 0.3) is 0 Å². The molecule has 0 aliphatic carbocycles. The molecule has 3 N–H and O–H groups in total. The van der Waals surface area contributed by atoms with Gasteiger partial charge in [-0.3, -0.25) is 0 Å². The highest BCUT2D eigenvalue weighted by Gasteiger charge is 2.08. The Kier molecular flexibility index (Phi) is 6.03. The second-order valence-electron chi connectivity index (χ2n) is 3.36. The van der Waals surface area contributed by atoms with Crippen LogP contribution in [0.25, 0.3) is 0 Å². The molecule has 0 amide bonds. The lowest BCUT2D eigenvalue weighted by atomic mass is 10.3. The number of hydrogen-bond donors (Lipinski definition) is 2. The lowest BCUT2D eigenvalue weighted by Crippen LogP contribution is -2.27. The zero-order chi connectivity index (χ0) is 12.7. The molecule has 0 aromatic carbocycles. The SMILES string of the molecule is COCC(CNc1cc(N)nc(SC)n1)OC. The van der Waals surface area contributed by atoms with Gasteiger partial charge in [0.2, 0.25) is 0 Å². The number of ether oxygens (including phenoxy) is 2. The molecule has 7 heteroatoms. The highest BCUT2D eigenvalue weighted by molar-refractivity contribution is 7.98. The molecular formula is C10H18N4O2S. The molecule has 0 radical (unpaired) electrons. The maximum Gasteiger partial charge on any atom is 0.191 e. The fourth-order valence-corrected chi connectivity index (χ4v) is 1.63. The highest BCUT2D eigenvalue weighted by Crippen LogP contribution is 2.15. The molecule has 0 aliphatic heterocycles. The van der Waals surface area contributed by atoms with Crippen LogP contribution in [0.4, 0.5) is 11.6 Å². The Balaban J connectivity index is 2.58. The molecule has 0 spiro atoms. The summed E-state index contributed by atoms with van der Waals surface area (Å²) in [5.74, 6) is 1.15. The van der Waals surface area contributed by atoms with Gasteiger partial charge in [0.1, 0.15) is 11.6 Å². The van der Waals surface area contributed by atoms with Crippen molar-refractivity contribution in [2.45, 2.75) is 11.3 Å². The number of nitrogens with one attached hydrogen (secondary N) is 1. The molecular weight excluding hydrogens is 240 g/mol. The third-order valence-electron chi connectivity index (χ3n) is 2.10. The van der Waals surface area contributed by atoms with Crippen LogP contribution in [0, 0.1) is 0 Å². The van der Waals surface area contributed by atoms with E-state index in [1.54, 1.807) is 20.3 Å². The molecule has 17 heavy (non-hydrogen) atoms. The van der Waals surface area contributed by atoms with E-state index >= 15 is 0 Å². The van der Waals surface area contributed by atoms with Gasteiger partial charge in [-0.15, -0.1) is 0 Å². The first kappa shape index (κ1) is 14.0. The Morgan fingerprint density at radius 2 is 2.24 bits per heavy atom. The van der Waals surface area contributed by atoms with Crippen molar-refractivity contribution in [1.82, 2.24) is 9.97 Å². The van der Waals surface area contributed by atoms with Crippen molar-refractivity contribution < 1.29 is 9.47 Å². The van der Waals surface area contributed by atoms with Crippen LogP contribution in [0.1, 0.15) is 0 Å². The molecule has 0 aliphatic rings. The number of anilines is 2. The molecule has 0 saturated heterocycles. The van der Waals surface area contributed by atoms with Crippen LogP contribution in [0.3, 0.4) is 0 Å². The van der Waals surface area contributed by atoms with Gasteiger partial charge in [-0.1, -0.05) is 11.8 Å². The first-order valence-corrected chi connectivity index (χ1v) is 6.36. The molecule has 1 rings (SSSR count). The average molecular weight is 258 g/mol. The summed E-state index contributed by atoms with van der Waals surface area (Å²) in [6.45, 7) is 1.13. The Morgan fingerprint density at radius 1 is 1.47 bits per heavy atom. The van der Waals surface area contributed by atoms with Crippen LogP contribution < -0.4 is 11.1 Å². The summed E-state index contributed by atoms with van der Waals surface area (Å²) >= 11 is 1.45. The van der Waals surface area contributed by atoms with E-state index in [9.17, 15) is 0 Å². The van der Waals surface area contributed by atoms with Gasteiger partial charge in [0, 0.05) is 26.8 Å². The summed E-state index contributed by atoms with van der Waals surface area (Å²) in [7, 11) is 3.29. The van der Waals surface area contributed by atoms with Gasteiger partial charge in [-0.25, -0.2) is 9.97 Å². The third kappa shape index (κ3) is 4.76. The third-order valence-corrected chi connectivity index (χ3v) is 2.65. The molecule has 1 aromatic heterocycles. The molecule has 0 fully saturated rings. The molecule has 1 atom stereocenters. The number of hydrogen-bond acceptors (Lipinski definition) is 7. The lowest BCUT2D eigenvalue weighted by molar-refractivity contribution is 0.0365.